The molecule has 1 atom stereocenters. The number of hydrogen-bond acceptors (Lipinski definition) is 2. The molecule has 0 saturated carbocycles. The molecule has 1 heterocycles. The van der Waals surface area contributed by atoms with Crippen LogP contribution in [0.1, 0.15) is 20.8 Å². The van der Waals surface area contributed by atoms with Crippen LogP contribution in [-0.4, -0.2) is 11.1 Å². The van der Waals surface area contributed by atoms with Crippen molar-refractivity contribution in [3.8, 4) is 5.88 Å². The van der Waals surface area contributed by atoms with Crippen LogP contribution in [0.5, 0.6) is 5.88 Å². The monoisotopic (exact) mass is 243 g/mol. The lowest BCUT2D eigenvalue weighted by Gasteiger charge is -2.16. The number of pyridine rings is 1. The van der Waals surface area contributed by atoms with Gasteiger partial charge >= 0.3 is 0 Å². The lowest BCUT2D eigenvalue weighted by atomic mass is 10.1. The van der Waals surface area contributed by atoms with Crippen LogP contribution in [0.4, 0.5) is 0 Å². The highest BCUT2D eigenvalue weighted by Gasteiger charge is 2.08. The van der Waals surface area contributed by atoms with E-state index < -0.39 is 0 Å². The molecule has 0 fully saturated rings. The van der Waals surface area contributed by atoms with E-state index >= 15 is 0 Å². The third-order valence-electron chi connectivity index (χ3n) is 1.95. The fourth-order valence-electron chi connectivity index (χ4n) is 0.759. The predicted octanol–water partition coefficient (Wildman–Crippen LogP) is 3.27. The topological polar surface area (TPSA) is 22.1 Å². The van der Waals surface area contributed by atoms with E-state index in [0.29, 0.717) is 11.8 Å². The second-order valence-corrected chi connectivity index (χ2v) is 4.30. The highest BCUT2D eigenvalue weighted by atomic mass is 79.9. The Morgan fingerprint density at radius 2 is 2.00 bits per heavy atom. The van der Waals surface area contributed by atoms with Gasteiger partial charge < -0.3 is 4.74 Å². The SMILES string of the molecule is CC(C)C(C)Oc1ccc(Br)cn1. The molecule has 0 aromatic carbocycles. The van der Waals surface area contributed by atoms with Gasteiger partial charge in [-0.05, 0) is 34.8 Å². The van der Waals surface area contributed by atoms with Crippen LogP contribution in [0.15, 0.2) is 22.8 Å². The average Bonchev–Trinajstić information content (AvgIpc) is 2.08. The normalized spacial score (nSPS) is 13.0. The van der Waals surface area contributed by atoms with Gasteiger partial charge in [-0.15, -0.1) is 0 Å². The quantitative estimate of drug-likeness (QED) is 0.814. The van der Waals surface area contributed by atoms with E-state index in [4.69, 9.17) is 4.74 Å². The maximum Gasteiger partial charge on any atom is 0.213 e. The van der Waals surface area contributed by atoms with E-state index in [-0.39, 0.29) is 6.10 Å². The highest BCUT2D eigenvalue weighted by Crippen LogP contribution is 2.15. The summed E-state index contributed by atoms with van der Waals surface area (Å²) in [5, 5.41) is 0. The molecule has 1 unspecified atom stereocenters. The molecule has 0 spiro atoms. The molecule has 1 aromatic rings. The molecule has 0 radical (unpaired) electrons. The number of rotatable bonds is 3. The summed E-state index contributed by atoms with van der Waals surface area (Å²) in [7, 11) is 0. The Hall–Kier alpha value is -0.570. The minimum atomic E-state index is 0.202. The van der Waals surface area contributed by atoms with Gasteiger partial charge in [-0.2, -0.15) is 0 Å². The first-order chi connectivity index (χ1) is 6.09. The van der Waals surface area contributed by atoms with Crippen LogP contribution < -0.4 is 4.74 Å². The van der Waals surface area contributed by atoms with Gasteiger partial charge in [0.25, 0.3) is 0 Å². The summed E-state index contributed by atoms with van der Waals surface area (Å²) in [6.45, 7) is 6.31. The molecule has 3 heteroatoms. The van der Waals surface area contributed by atoms with Crippen LogP contribution in [0, 0.1) is 5.92 Å². The van der Waals surface area contributed by atoms with Gasteiger partial charge in [0, 0.05) is 16.7 Å². The summed E-state index contributed by atoms with van der Waals surface area (Å²) >= 11 is 3.32. The molecule has 72 valence electrons. The van der Waals surface area contributed by atoms with E-state index in [0.717, 1.165) is 4.47 Å². The molecule has 1 rings (SSSR count). The van der Waals surface area contributed by atoms with Crippen LogP contribution in [0.2, 0.25) is 0 Å². The number of halogens is 1. The Morgan fingerprint density at radius 3 is 2.46 bits per heavy atom. The molecule has 0 bridgehead atoms. The molecule has 1 aromatic heterocycles. The van der Waals surface area contributed by atoms with Crippen molar-refractivity contribution in [2.24, 2.45) is 5.92 Å². The Morgan fingerprint density at radius 1 is 1.31 bits per heavy atom. The van der Waals surface area contributed by atoms with Gasteiger partial charge in [0.1, 0.15) is 0 Å². The zero-order chi connectivity index (χ0) is 9.84. The van der Waals surface area contributed by atoms with Crippen molar-refractivity contribution in [2.45, 2.75) is 26.9 Å². The summed E-state index contributed by atoms with van der Waals surface area (Å²) < 4.78 is 6.57. The van der Waals surface area contributed by atoms with E-state index in [1.54, 1.807) is 6.20 Å². The molecule has 0 aliphatic heterocycles. The van der Waals surface area contributed by atoms with Crippen LogP contribution in [0.3, 0.4) is 0 Å². The van der Waals surface area contributed by atoms with E-state index in [1.165, 1.54) is 0 Å². The molecule has 0 amide bonds. The van der Waals surface area contributed by atoms with Gasteiger partial charge in [-0.1, -0.05) is 13.8 Å². The summed E-state index contributed by atoms with van der Waals surface area (Å²) in [6.07, 6.45) is 1.94. The third-order valence-corrected chi connectivity index (χ3v) is 2.41. The Bertz CT molecular complexity index is 258. The number of nitrogens with zero attached hydrogens (tertiary/aromatic N) is 1. The summed E-state index contributed by atoms with van der Waals surface area (Å²) in [5.74, 6) is 1.19. The van der Waals surface area contributed by atoms with Gasteiger partial charge in [0.05, 0.1) is 6.10 Å². The zero-order valence-corrected chi connectivity index (χ0v) is 9.71. The fourth-order valence-corrected chi connectivity index (χ4v) is 0.993. The van der Waals surface area contributed by atoms with Crippen molar-refractivity contribution in [1.29, 1.82) is 0 Å². The minimum absolute atomic E-state index is 0.202. The lowest BCUT2D eigenvalue weighted by molar-refractivity contribution is 0.163. The van der Waals surface area contributed by atoms with Crippen molar-refractivity contribution in [2.75, 3.05) is 0 Å². The summed E-state index contributed by atoms with van der Waals surface area (Å²) in [5.41, 5.74) is 0. The van der Waals surface area contributed by atoms with Crippen molar-refractivity contribution < 1.29 is 4.74 Å². The summed E-state index contributed by atoms with van der Waals surface area (Å²) in [6, 6.07) is 3.79. The Kier molecular flexibility index (Phi) is 3.72. The lowest BCUT2D eigenvalue weighted by Crippen LogP contribution is -2.19. The molecule has 0 saturated heterocycles. The standard InChI is InChI=1S/C10H14BrNO/c1-7(2)8(3)13-10-5-4-9(11)6-12-10/h4-8H,1-3H3. The predicted molar refractivity (Wildman–Crippen MR) is 56.9 cm³/mol. The van der Waals surface area contributed by atoms with Gasteiger partial charge in [-0.3, -0.25) is 0 Å². The third kappa shape index (κ3) is 3.35. The van der Waals surface area contributed by atoms with Crippen LogP contribution in [0.25, 0.3) is 0 Å². The molecule has 13 heavy (non-hydrogen) atoms. The Balaban J connectivity index is 2.59. The van der Waals surface area contributed by atoms with Gasteiger partial charge in [0.15, 0.2) is 0 Å². The van der Waals surface area contributed by atoms with E-state index in [9.17, 15) is 0 Å². The minimum Gasteiger partial charge on any atom is -0.474 e. The van der Waals surface area contributed by atoms with Gasteiger partial charge in [-0.25, -0.2) is 4.98 Å². The van der Waals surface area contributed by atoms with Crippen molar-refractivity contribution >= 4 is 15.9 Å². The van der Waals surface area contributed by atoms with Crippen LogP contribution >= 0.6 is 15.9 Å². The molecular weight excluding hydrogens is 230 g/mol. The molecule has 2 nitrogen and oxygen atoms in total. The first-order valence-electron chi connectivity index (χ1n) is 4.38. The smallest absolute Gasteiger partial charge is 0.213 e. The maximum atomic E-state index is 5.60. The van der Waals surface area contributed by atoms with Crippen molar-refractivity contribution in [3.05, 3.63) is 22.8 Å². The largest absolute Gasteiger partial charge is 0.474 e. The second-order valence-electron chi connectivity index (χ2n) is 3.38. The number of aromatic nitrogens is 1. The van der Waals surface area contributed by atoms with E-state index in [1.807, 2.05) is 19.1 Å². The average molecular weight is 244 g/mol. The maximum absolute atomic E-state index is 5.60. The summed E-state index contributed by atoms with van der Waals surface area (Å²) in [4.78, 5) is 4.13. The number of ether oxygens (including phenoxy) is 1. The highest BCUT2D eigenvalue weighted by molar-refractivity contribution is 9.10. The molecular formula is C10H14BrNO. The Labute approximate surface area is 87.5 Å². The van der Waals surface area contributed by atoms with Crippen LogP contribution in [-0.2, 0) is 0 Å². The zero-order valence-electron chi connectivity index (χ0n) is 8.12. The first-order valence-corrected chi connectivity index (χ1v) is 5.17. The first kappa shape index (κ1) is 10.5. The fraction of sp³-hybridized carbons (Fsp3) is 0.500. The molecule has 0 N–H and O–H groups in total. The van der Waals surface area contributed by atoms with Crippen molar-refractivity contribution in [1.82, 2.24) is 4.98 Å². The number of hydrogen-bond donors (Lipinski definition) is 0. The van der Waals surface area contributed by atoms with Gasteiger partial charge in [0.2, 0.25) is 5.88 Å². The molecule has 0 aliphatic carbocycles. The van der Waals surface area contributed by atoms with Crippen molar-refractivity contribution in [3.63, 3.8) is 0 Å². The molecule has 0 aliphatic rings. The van der Waals surface area contributed by atoms with E-state index in [2.05, 4.69) is 34.8 Å². The second kappa shape index (κ2) is 4.61.